The molecule has 1 saturated carbocycles. The highest BCUT2D eigenvalue weighted by Crippen LogP contribution is 2.82. The standard InChI is InChI=1S/C27H44O8P2/c1-21-18-24(2,3)20-25(19-21,26(36(28,32-6)33-7)14-10-22(30-4)11-15-26)27(37(29,34-8)35-9)16-12-23(31-5)13-17-27/h10-14,16,21H,15,17-20H2,1-9H3. The van der Waals surface area contributed by atoms with E-state index >= 15 is 0 Å². The van der Waals surface area contributed by atoms with E-state index in [2.05, 4.69) is 20.8 Å². The fraction of sp³-hybridized carbons (Fsp3) is 0.704. The third kappa shape index (κ3) is 4.56. The van der Waals surface area contributed by atoms with Gasteiger partial charge in [-0.3, -0.25) is 9.13 Å². The van der Waals surface area contributed by atoms with Crippen LogP contribution in [0.15, 0.2) is 48.0 Å². The van der Waals surface area contributed by atoms with Gasteiger partial charge in [0, 0.05) is 33.9 Å². The molecular weight excluding hydrogens is 514 g/mol. The van der Waals surface area contributed by atoms with Gasteiger partial charge >= 0.3 is 15.2 Å². The Morgan fingerprint density at radius 2 is 1.14 bits per heavy atom. The molecule has 210 valence electrons. The van der Waals surface area contributed by atoms with Crippen LogP contribution in [0, 0.1) is 16.7 Å². The minimum Gasteiger partial charge on any atom is -0.497 e. The lowest BCUT2D eigenvalue weighted by molar-refractivity contribution is -0.0168. The number of ether oxygens (including phenoxy) is 2. The first kappa shape index (κ1) is 30.4. The van der Waals surface area contributed by atoms with Gasteiger partial charge in [0.2, 0.25) is 0 Å². The van der Waals surface area contributed by atoms with Gasteiger partial charge in [-0.1, -0.05) is 32.9 Å². The Morgan fingerprint density at radius 1 is 0.730 bits per heavy atom. The van der Waals surface area contributed by atoms with Crippen molar-refractivity contribution in [2.75, 3.05) is 42.7 Å². The number of methoxy groups -OCH3 is 2. The highest BCUT2D eigenvalue weighted by atomic mass is 31.2. The fourth-order valence-corrected chi connectivity index (χ4v) is 12.2. The molecule has 0 saturated heterocycles. The Balaban J connectivity index is 2.52. The largest absolute Gasteiger partial charge is 0.497 e. The molecule has 0 radical (unpaired) electrons. The summed E-state index contributed by atoms with van der Waals surface area (Å²) in [6, 6.07) is 0. The summed E-state index contributed by atoms with van der Waals surface area (Å²) in [6.45, 7) is 6.61. The van der Waals surface area contributed by atoms with Crippen molar-refractivity contribution < 1.29 is 36.7 Å². The summed E-state index contributed by atoms with van der Waals surface area (Å²) in [4.78, 5) is 0. The van der Waals surface area contributed by atoms with Gasteiger partial charge in [-0.15, -0.1) is 0 Å². The van der Waals surface area contributed by atoms with Crippen molar-refractivity contribution in [2.24, 2.45) is 16.7 Å². The van der Waals surface area contributed by atoms with Gasteiger partial charge in [-0.05, 0) is 67.7 Å². The molecule has 3 aliphatic carbocycles. The first-order valence-electron chi connectivity index (χ1n) is 12.6. The predicted octanol–water partition coefficient (Wildman–Crippen LogP) is 7.25. The second-order valence-corrected chi connectivity index (χ2v) is 16.3. The molecule has 37 heavy (non-hydrogen) atoms. The van der Waals surface area contributed by atoms with Crippen LogP contribution >= 0.6 is 15.2 Å². The van der Waals surface area contributed by atoms with Gasteiger partial charge in [0.1, 0.15) is 21.8 Å². The Labute approximate surface area is 222 Å². The third-order valence-corrected chi connectivity index (χ3v) is 14.1. The molecule has 0 aromatic rings. The molecule has 0 spiro atoms. The molecule has 0 heterocycles. The monoisotopic (exact) mass is 558 g/mol. The van der Waals surface area contributed by atoms with Crippen molar-refractivity contribution in [3.63, 3.8) is 0 Å². The van der Waals surface area contributed by atoms with E-state index in [1.807, 2.05) is 36.5 Å². The second-order valence-electron chi connectivity index (χ2n) is 11.2. The first-order valence-corrected chi connectivity index (χ1v) is 15.7. The zero-order valence-electron chi connectivity index (χ0n) is 23.7. The fourth-order valence-electron chi connectivity index (χ4n) is 7.57. The van der Waals surface area contributed by atoms with Gasteiger partial charge < -0.3 is 27.6 Å². The normalized spacial score (nSPS) is 34.0. The molecule has 0 aliphatic heterocycles. The summed E-state index contributed by atoms with van der Waals surface area (Å²) in [5, 5.41) is -2.40. The molecule has 3 aliphatic rings. The van der Waals surface area contributed by atoms with Gasteiger partial charge in [0.15, 0.2) is 0 Å². The van der Waals surface area contributed by atoms with Crippen molar-refractivity contribution in [1.82, 2.24) is 0 Å². The van der Waals surface area contributed by atoms with Gasteiger partial charge in [0.25, 0.3) is 0 Å². The van der Waals surface area contributed by atoms with E-state index in [1.165, 1.54) is 28.4 Å². The summed E-state index contributed by atoms with van der Waals surface area (Å²) in [5.74, 6) is 1.53. The molecule has 3 rings (SSSR count). The van der Waals surface area contributed by atoms with Crippen LogP contribution < -0.4 is 0 Å². The topological polar surface area (TPSA) is 89.5 Å². The average Bonchev–Trinajstić information content (AvgIpc) is 2.90. The van der Waals surface area contributed by atoms with E-state index < -0.39 is 30.9 Å². The highest BCUT2D eigenvalue weighted by molar-refractivity contribution is 7.57. The Bertz CT molecular complexity index is 990. The summed E-state index contributed by atoms with van der Waals surface area (Å²) in [5.41, 5.74) is -1.13. The van der Waals surface area contributed by atoms with Crippen LogP contribution in [0.5, 0.6) is 0 Å². The number of hydrogen-bond acceptors (Lipinski definition) is 8. The van der Waals surface area contributed by atoms with Crippen LogP contribution in [0.2, 0.25) is 0 Å². The quantitative estimate of drug-likeness (QED) is 0.259. The first-order chi connectivity index (χ1) is 17.3. The van der Waals surface area contributed by atoms with Crippen molar-refractivity contribution in [3.05, 3.63) is 48.0 Å². The lowest BCUT2D eigenvalue weighted by atomic mass is 9.49. The highest BCUT2D eigenvalue weighted by Gasteiger charge is 2.75. The smallest absolute Gasteiger partial charge is 0.340 e. The number of hydrogen-bond donors (Lipinski definition) is 0. The summed E-state index contributed by atoms with van der Waals surface area (Å²) < 4.78 is 64.0. The lowest BCUT2D eigenvalue weighted by Crippen LogP contribution is -2.64. The van der Waals surface area contributed by atoms with Crippen molar-refractivity contribution in [2.45, 2.75) is 63.2 Å². The Morgan fingerprint density at radius 3 is 1.41 bits per heavy atom. The third-order valence-electron chi connectivity index (χ3n) is 8.72. The van der Waals surface area contributed by atoms with Gasteiger partial charge in [-0.25, -0.2) is 0 Å². The Kier molecular flexibility index (Phi) is 8.87. The van der Waals surface area contributed by atoms with Crippen LogP contribution in [-0.2, 0) is 36.7 Å². The molecule has 8 nitrogen and oxygen atoms in total. The molecule has 0 aromatic carbocycles. The van der Waals surface area contributed by atoms with Crippen molar-refractivity contribution >= 4 is 15.2 Å². The van der Waals surface area contributed by atoms with Crippen LogP contribution in [0.1, 0.15) is 52.9 Å². The predicted molar refractivity (Wildman–Crippen MR) is 146 cm³/mol. The zero-order chi connectivity index (χ0) is 27.8. The number of rotatable bonds is 10. The molecule has 3 atom stereocenters. The summed E-state index contributed by atoms with van der Waals surface area (Å²) >= 11 is 0. The van der Waals surface area contributed by atoms with Gasteiger partial charge in [0.05, 0.1) is 14.2 Å². The summed E-state index contributed by atoms with van der Waals surface area (Å²) in [7, 11) is 1.13. The van der Waals surface area contributed by atoms with E-state index in [9.17, 15) is 9.13 Å². The van der Waals surface area contributed by atoms with E-state index in [0.29, 0.717) is 37.2 Å². The Hall–Kier alpha value is -1.14. The maximum absolute atomic E-state index is 14.9. The van der Waals surface area contributed by atoms with E-state index in [0.717, 1.165) is 6.42 Å². The zero-order valence-corrected chi connectivity index (χ0v) is 25.5. The minimum absolute atomic E-state index is 0.186. The molecule has 0 aromatic heterocycles. The minimum atomic E-state index is -3.87. The molecule has 3 unspecified atom stereocenters. The van der Waals surface area contributed by atoms with Crippen LogP contribution in [-0.4, -0.2) is 53.0 Å². The van der Waals surface area contributed by atoms with Crippen LogP contribution in [0.4, 0.5) is 0 Å². The van der Waals surface area contributed by atoms with Crippen LogP contribution in [0.25, 0.3) is 0 Å². The van der Waals surface area contributed by atoms with Crippen molar-refractivity contribution in [1.29, 1.82) is 0 Å². The maximum Gasteiger partial charge on any atom is 0.340 e. The molecule has 1 fully saturated rings. The van der Waals surface area contributed by atoms with E-state index in [-0.39, 0.29) is 11.3 Å². The lowest BCUT2D eigenvalue weighted by Gasteiger charge is -2.65. The molecule has 0 amide bonds. The summed E-state index contributed by atoms with van der Waals surface area (Å²) in [6.07, 6.45) is 14.1. The van der Waals surface area contributed by atoms with E-state index in [1.54, 1.807) is 14.2 Å². The second kappa shape index (κ2) is 10.8. The van der Waals surface area contributed by atoms with Crippen LogP contribution in [0.3, 0.4) is 0 Å². The average molecular weight is 559 g/mol. The number of allylic oxidation sites excluding steroid dienone is 6. The molecule has 10 heteroatoms. The molecular formula is C27H44O8P2. The molecule has 0 bridgehead atoms. The SMILES string of the molecule is COC1=CCC(C2(C3(P(=O)(OC)OC)C=CC(OC)=CC3)CC(C)CC(C)(C)C2)(P(=O)(OC)OC)C=C1. The van der Waals surface area contributed by atoms with Gasteiger partial charge in [-0.2, -0.15) is 0 Å². The maximum atomic E-state index is 14.9. The van der Waals surface area contributed by atoms with E-state index in [4.69, 9.17) is 27.6 Å². The molecule has 0 N–H and O–H groups in total. The van der Waals surface area contributed by atoms with Crippen molar-refractivity contribution in [3.8, 4) is 0 Å².